The van der Waals surface area contributed by atoms with Crippen LogP contribution in [0.25, 0.3) is 0 Å². The molecule has 2 N–H and O–H groups in total. The standard InChI is InChI=1S/C13H7BrF2N2/c14-11-2-4-13(17)18-12(11)3-1-8-5-9(15)7-10(16)6-8/h2,4-7H,(H2,17,18). The quantitative estimate of drug-likeness (QED) is 0.760. The van der Waals surface area contributed by atoms with Crippen LogP contribution in [0, 0.1) is 23.5 Å². The summed E-state index contributed by atoms with van der Waals surface area (Å²) in [6.07, 6.45) is 0. The maximum absolute atomic E-state index is 12.9. The molecule has 0 atom stereocenters. The molecule has 2 nitrogen and oxygen atoms in total. The first-order chi connectivity index (χ1) is 8.54. The van der Waals surface area contributed by atoms with E-state index in [1.165, 1.54) is 0 Å². The van der Waals surface area contributed by atoms with Crippen molar-refractivity contribution in [3.05, 3.63) is 57.7 Å². The molecule has 1 aromatic heterocycles. The average molecular weight is 309 g/mol. The van der Waals surface area contributed by atoms with Crippen molar-refractivity contribution in [3.8, 4) is 11.8 Å². The molecule has 0 radical (unpaired) electrons. The van der Waals surface area contributed by atoms with Crippen LogP contribution in [0.5, 0.6) is 0 Å². The van der Waals surface area contributed by atoms with Crippen molar-refractivity contribution in [1.29, 1.82) is 0 Å². The van der Waals surface area contributed by atoms with E-state index in [0.717, 1.165) is 18.2 Å². The predicted molar refractivity (Wildman–Crippen MR) is 68.7 cm³/mol. The number of halogens is 3. The summed E-state index contributed by atoms with van der Waals surface area (Å²) in [4.78, 5) is 4.00. The number of aromatic nitrogens is 1. The first-order valence-corrected chi connectivity index (χ1v) is 5.74. The van der Waals surface area contributed by atoms with E-state index in [0.29, 0.717) is 16.0 Å². The molecule has 0 fully saturated rings. The molecule has 0 aliphatic rings. The van der Waals surface area contributed by atoms with Crippen molar-refractivity contribution in [2.45, 2.75) is 0 Å². The Balaban J connectivity index is 2.39. The fraction of sp³-hybridized carbons (Fsp3) is 0. The Morgan fingerprint density at radius 2 is 1.72 bits per heavy atom. The van der Waals surface area contributed by atoms with Crippen molar-refractivity contribution in [2.24, 2.45) is 0 Å². The van der Waals surface area contributed by atoms with Gasteiger partial charge in [0.15, 0.2) is 0 Å². The van der Waals surface area contributed by atoms with E-state index in [4.69, 9.17) is 5.73 Å². The van der Waals surface area contributed by atoms with Gasteiger partial charge in [0, 0.05) is 11.6 Å². The van der Waals surface area contributed by atoms with Gasteiger partial charge in [0.25, 0.3) is 0 Å². The lowest BCUT2D eigenvalue weighted by molar-refractivity contribution is 0.582. The van der Waals surface area contributed by atoms with Crippen LogP contribution in [0.15, 0.2) is 34.8 Å². The lowest BCUT2D eigenvalue weighted by atomic mass is 10.2. The lowest BCUT2D eigenvalue weighted by Gasteiger charge is -1.97. The third-order valence-corrected chi connectivity index (χ3v) is 2.70. The number of hydrogen-bond acceptors (Lipinski definition) is 2. The molecule has 1 aromatic carbocycles. The molecular weight excluding hydrogens is 302 g/mol. The van der Waals surface area contributed by atoms with Crippen molar-refractivity contribution in [1.82, 2.24) is 4.98 Å². The third kappa shape index (κ3) is 3.05. The van der Waals surface area contributed by atoms with Crippen LogP contribution >= 0.6 is 15.9 Å². The first-order valence-electron chi connectivity index (χ1n) is 4.95. The first kappa shape index (κ1) is 12.5. The van der Waals surface area contributed by atoms with Gasteiger partial charge in [-0.15, -0.1) is 0 Å². The number of nitrogens with two attached hydrogens (primary N) is 1. The molecule has 5 heteroatoms. The number of nitrogen functional groups attached to an aromatic ring is 1. The molecule has 0 unspecified atom stereocenters. The Morgan fingerprint density at radius 1 is 1.06 bits per heavy atom. The summed E-state index contributed by atoms with van der Waals surface area (Å²) < 4.78 is 26.6. The maximum Gasteiger partial charge on any atom is 0.130 e. The van der Waals surface area contributed by atoms with Crippen LogP contribution < -0.4 is 5.73 Å². The molecule has 0 aliphatic carbocycles. The second-order valence-corrected chi connectivity index (χ2v) is 4.33. The van der Waals surface area contributed by atoms with Crippen LogP contribution in [0.1, 0.15) is 11.3 Å². The Labute approximate surface area is 111 Å². The Bertz CT molecular complexity index is 640. The molecule has 0 aliphatic heterocycles. The van der Waals surface area contributed by atoms with Gasteiger partial charge in [-0.05, 0) is 46.1 Å². The highest BCUT2D eigenvalue weighted by Crippen LogP contribution is 2.15. The molecule has 0 amide bonds. The predicted octanol–water partition coefficient (Wildman–Crippen LogP) is 3.10. The minimum Gasteiger partial charge on any atom is -0.384 e. The number of pyridine rings is 1. The smallest absolute Gasteiger partial charge is 0.130 e. The van der Waals surface area contributed by atoms with E-state index in [1.807, 2.05) is 0 Å². The van der Waals surface area contributed by atoms with Crippen molar-refractivity contribution < 1.29 is 8.78 Å². The van der Waals surface area contributed by atoms with Gasteiger partial charge in [-0.1, -0.05) is 5.92 Å². The summed E-state index contributed by atoms with van der Waals surface area (Å²) >= 11 is 3.26. The normalized spacial score (nSPS) is 9.72. The monoisotopic (exact) mass is 308 g/mol. The molecule has 2 rings (SSSR count). The minimum absolute atomic E-state index is 0.239. The zero-order valence-corrected chi connectivity index (χ0v) is 10.6. The molecule has 90 valence electrons. The van der Waals surface area contributed by atoms with Gasteiger partial charge in [-0.25, -0.2) is 13.8 Å². The van der Waals surface area contributed by atoms with Crippen molar-refractivity contribution >= 4 is 21.7 Å². The number of anilines is 1. The largest absolute Gasteiger partial charge is 0.384 e. The highest BCUT2D eigenvalue weighted by atomic mass is 79.9. The summed E-state index contributed by atoms with van der Waals surface area (Å²) in [6.45, 7) is 0. The molecule has 1 heterocycles. The van der Waals surface area contributed by atoms with Crippen LogP contribution in [0.2, 0.25) is 0 Å². The van der Waals surface area contributed by atoms with Crippen molar-refractivity contribution in [3.63, 3.8) is 0 Å². The summed E-state index contributed by atoms with van der Waals surface area (Å²) in [5.41, 5.74) is 6.18. The van der Waals surface area contributed by atoms with E-state index in [2.05, 4.69) is 32.8 Å². The third-order valence-electron chi connectivity index (χ3n) is 2.06. The molecule has 0 saturated heterocycles. The molecule has 0 saturated carbocycles. The van der Waals surface area contributed by atoms with Crippen LogP contribution in [-0.2, 0) is 0 Å². The zero-order valence-electron chi connectivity index (χ0n) is 9.05. The topological polar surface area (TPSA) is 38.9 Å². The SMILES string of the molecule is Nc1ccc(Br)c(C#Cc2cc(F)cc(F)c2)n1. The molecule has 18 heavy (non-hydrogen) atoms. The Morgan fingerprint density at radius 3 is 2.39 bits per heavy atom. The number of nitrogens with zero attached hydrogens (tertiary/aromatic N) is 1. The summed E-state index contributed by atoms with van der Waals surface area (Å²) in [7, 11) is 0. The van der Waals surface area contributed by atoms with E-state index in [9.17, 15) is 8.78 Å². The molecule has 0 bridgehead atoms. The fourth-order valence-electron chi connectivity index (χ4n) is 1.30. The summed E-state index contributed by atoms with van der Waals surface area (Å²) in [5, 5.41) is 0. The lowest BCUT2D eigenvalue weighted by Crippen LogP contribution is -1.93. The molecular formula is C13H7BrF2N2. The highest BCUT2D eigenvalue weighted by molar-refractivity contribution is 9.10. The van der Waals surface area contributed by atoms with Gasteiger partial charge in [0.05, 0.1) is 4.47 Å². The average Bonchev–Trinajstić information content (AvgIpc) is 2.29. The fourth-order valence-corrected chi connectivity index (χ4v) is 1.62. The summed E-state index contributed by atoms with van der Waals surface area (Å²) in [6, 6.07) is 6.42. The van der Waals surface area contributed by atoms with Gasteiger partial charge in [-0.2, -0.15) is 0 Å². The van der Waals surface area contributed by atoms with Gasteiger partial charge in [0.2, 0.25) is 0 Å². The van der Waals surface area contributed by atoms with Gasteiger partial charge < -0.3 is 5.73 Å². The van der Waals surface area contributed by atoms with Gasteiger partial charge in [0.1, 0.15) is 23.1 Å². The zero-order chi connectivity index (χ0) is 13.1. The van der Waals surface area contributed by atoms with Crippen LogP contribution in [-0.4, -0.2) is 4.98 Å². The molecule has 0 spiro atoms. The van der Waals surface area contributed by atoms with Crippen LogP contribution in [0.3, 0.4) is 0 Å². The van der Waals surface area contributed by atoms with E-state index >= 15 is 0 Å². The number of benzene rings is 1. The minimum atomic E-state index is -0.668. The van der Waals surface area contributed by atoms with Gasteiger partial charge >= 0.3 is 0 Å². The number of rotatable bonds is 0. The van der Waals surface area contributed by atoms with E-state index < -0.39 is 11.6 Å². The molecule has 2 aromatic rings. The number of hydrogen-bond donors (Lipinski definition) is 1. The Kier molecular flexibility index (Phi) is 3.58. The second-order valence-electron chi connectivity index (χ2n) is 3.47. The Hall–Kier alpha value is -1.93. The van der Waals surface area contributed by atoms with Crippen LogP contribution in [0.4, 0.5) is 14.6 Å². The maximum atomic E-state index is 12.9. The van der Waals surface area contributed by atoms with Crippen molar-refractivity contribution in [2.75, 3.05) is 5.73 Å². The highest BCUT2D eigenvalue weighted by Gasteiger charge is 2.00. The van der Waals surface area contributed by atoms with E-state index in [-0.39, 0.29) is 5.56 Å². The van der Waals surface area contributed by atoms with Gasteiger partial charge in [-0.3, -0.25) is 0 Å². The van der Waals surface area contributed by atoms with E-state index in [1.54, 1.807) is 12.1 Å². The summed E-state index contributed by atoms with van der Waals surface area (Å²) in [5.74, 6) is 4.33. The second kappa shape index (κ2) is 5.15.